The molecule has 1 aromatic rings. The van der Waals surface area contributed by atoms with E-state index in [0.29, 0.717) is 0 Å². The first-order valence-electron chi connectivity index (χ1n) is 4.45. The van der Waals surface area contributed by atoms with Crippen LogP contribution in [0.3, 0.4) is 0 Å². The van der Waals surface area contributed by atoms with Crippen LogP contribution in [0.15, 0.2) is 12.3 Å². The van der Waals surface area contributed by atoms with Crippen LogP contribution in [-0.2, 0) is 4.79 Å². The molecule has 7 heteroatoms. The van der Waals surface area contributed by atoms with Crippen LogP contribution < -0.4 is 16.4 Å². The summed E-state index contributed by atoms with van der Waals surface area (Å²) in [6.07, 6.45) is 1.29. The molecule has 0 atom stereocenters. The van der Waals surface area contributed by atoms with E-state index in [1.807, 2.05) is 0 Å². The molecular formula is C9H11FN4O2. The Balaban J connectivity index is 2.87. The van der Waals surface area contributed by atoms with Gasteiger partial charge in [0.25, 0.3) is 5.91 Å². The van der Waals surface area contributed by atoms with Crippen molar-refractivity contribution in [1.29, 1.82) is 0 Å². The lowest BCUT2D eigenvalue weighted by molar-refractivity contribution is -0.117. The summed E-state index contributed by atoms with van der Waals surface area (Å²) >= 11 is 0. The zero-order chi connectivity index (χ0) is 12.1. The number of nitrogens with two attached hydrogens (primary N) is 1. The van der Waals surface area contributed by atoms with Crippen LogP contribution in [-0.4, -0.2) is 30.4 Å². The molecule has 0 fully saturated rings. The fourth-order valence-electron chi connectivity index (χ4n) is 1.06. The second kappa shape index (κ2) is 5.06. The van der Waals surface area contributed by atoms with Gasteiger partial charge in [0.2, 0.25) is 5.91 Å². The average molecular weight is 226 g/mol. The molecule has 6 nitrogen and oxygen atoms in total. The van der Waals surface area contributed by atoms with Gasteiger partial charge in [-0.3, -0.25) is 9.59 Å². The van der Waals surface area contributed by atoms with Crippen LogP contribution in [0.25, 0.3) is 0 Å². The number of hydrogen-bond acceptors (Lipinski definition) is 4. The Morgan fingerprint density at radius 2 is 2.25 bits per heavy atom. The van der Waals surface area contributed by atoms with Gasteiger partial charge in [0, 0.05) is 13.2 Å². The number of amides is 2. The fraction of sp³-hybridized carbons (Fsp3) is 0.222. The van der Waals surface area contributed by atoms with E-state index in [2.05, 4.69) is 15.6 Å². The van der Waals surface area contributed by atoms with E-state index in [4.69, 9.17) is 5.73 Å². The molecule has 0 unspecified atom stereocenters. The van der Waals surface area contributed by atoms with Crippen molar-refractivity contribution < 1.29 is 14.0 Å². The zero-order valence-electron chi connectivity index (χ0n) is 8.58. The van der Waals surface area contributed by atoms with Crippen LogP contribution in [0, 0.1) is 5.82 Å². The topological polar surface area (TPSA) is 97.1 Å². The summed E-state index contributed by atoms with van der Waals surface area (Å²) in [5.41, 5.74) is 4.65. The predicted molar refractivity (Wildman–Crippen MR) is 55.3 cm³/mol. The second-order valence-corrected chi connectivity index (χ2v) is 2.92. The van der Waals surface area contributed by atoms with Gasteiger partial charge in [-0.25, -0.2) is 9.37 Å². The van der Waals surface area contributed by atoms with Crippen molar-refractivity contribution in [3.63, 3.8) is 0 Å². The van der Waals surface area contributed by atoms with Gasteiger partial charge in [-0.2, -0.15) is 0 Å². The number of hydrogen-bond donors (Lipinski definition) is 3. The summed E-state index contributed by atoms with van der Waals surface area (Å²) in [6.45, 7) is -0.338. The molecular weight excluding hydrogens is 215 g/mol. The molecule has 86 valence electrons. The molecule has 0 aromatic carbocycles. The summed E-state index contributed by atoms with van der Waals surface area (Å²) in [6, 6.07) is 1.21. The molecule has 0 saturated heterocycles. The lowest BCUT2D eigenvalue weighted by atomic mass is 10.2. The first-order chi connectivity index (χ1) is 7.56. The van der Waals surface area contributed by atoms with Crippen LogP contribution in [0.2, 0.25) is 0 Å². The minimum absolute atomic E-state index is 0.0354. The van der Waals surface area contributed by atoms with Gasteiger partial charge in [-0.15, -0.1) is 0 Å². The number of halogens is 1. The van der Waals surface area contributed by atoms with Crippen LogP contribution in [0.5, 0.6) is 0 Å². The van der Waals surface area contributed by atoms with E-state index in [0.717, 1.165) is 0 Å². The predicted octanol–water partition coefficient (Wildman–Crippen LogP) is -0.523. The van der Waals surface area contributed by atoms with Crippen LogP contribution in [0.4, 0.5) is 10.2 Å². The number of primary amides is 1. The number of carbonyl (C=O) groups is 2. The molecule has 0 saturated carbocycles. The van der Waals surface area contributed by atoms with E-state index < -0.39 is 17.6 Å². The summed E-state index contributed by atoms with van der Waals surface area (Å²) in [5, 5.41) is 4.68. The van der Waals surface area contributed by atoms with Crippen molar-refractivity contribution in [3.05, 3.63) is 23.6 Å². The Kier molecular flexibility index (Phi) is 3.76. The molecule has 0 radical (unpaired) electrons. The first kappa shape index (κ1) is 11.9. The maximum absolute atomic E-state index is 13.5. The quantitative estimate of drug-likeness (QED) is 0.643. The van der Waals surface area contributed by atoms with Gasteiger partial charge in [0.1, 0.15) is 0 Å². The number of nitrogens with one attached hydrogen (secondary N) is 2. The Hall–Kier alpha value is -2.18. The smallest absolute Gasteiger partial charge is 0.254 e. The summed E-state index contributed by atoms with van der Waals surface area (Å²) < 4.78 is 13.5. The monoisotopic (exact) mass is 226 g/mol. The van der Waals surface area contributed by atoms with Gasteiger partial charge in [-0.1, -0.05) is 0 Å². The Bertz CT molecular complexity index is 422. The third-order valence-corrected chi connectivity index (χ3v) is 1.79. The second-order valence-electron chi connectivity index (χ2n) is 2.92. The molecule has 0 aliphatic carbocycles. The van der Waals surface area contributed by atoms with Crippen LogP contribution >= 0.6 is 0 Å². The highest BCUT2D eigenvalue weighted by Crippen LogP contribution is 2.13. The van der Waals surface area contributed by atoms with Gasteiger partial charge >= 0.3 is 0 Å². The molecule has 4 N–H and O–H groups in total. The Morgan fingerprint density at radius 3 is 2.81 bits per heavy atom. The van der Waals surface area contributed by atoms with E-state index >= 15 is 0 Å². The number of anilines is 1. The van der Waals surface area contributed by atoms with Crippen molar-refractivity contribution in [2.45, 2.75) is 0 Å². The largest absolute Gasteiger partial charge is 0.371 e. The minimum Gasteiger partial charge on any atom is -0.371 e. The maximum Gasteiger partial charge on any atom is 0.254 e. The minimum atomic E-state index is -0.771. The lowest BCUT2D eigenvalue weighted by Crippen LogP contribution is -2.33. The molecule has 0 aliphatic rings. The van der Waals surface area contributed by atoms with Gasteiger partial charge in [-0.05, 0) is 6.07 Å². The molecule has 2 amide bonds. The fourth-order valence-corrected chi connectivity index (χ4v) is 1.06. The molecule has 0 bridgehead atoms. The van der Waals surface area contributed by atoms with E-state index in [1.165, 1.54) is 19.3 Å². The number of carbonyl (C=O) groups excluding carboxylic acids is 2. The third kappa shape index (κ3) is 2.66. The first-order valence-corrected chi connectivity index (χ1v) is 4.45. The van der Waals surface area contributed by atoms with Crippen molar-refractivity contribution in [3.8, 4) is 0 Å². The average Bonchev–Trinajstić information content (AvgIpc) is 2.26. The number of pyridine rings is 1. The summed E-state index contributed by atoms with van der Waals surface area (Å²) in [5.74, 6) is -2.22. The van der Waals surface area contributed by atoms with E-state index in [9.17, 15) is 14.0 Å². The van der Waals surface area contributed by atoms with Gasteiger partial charge < -0.3 is 16.4 Å². The standard InChI is InChI=1S/C9H11FN4O2/c1-12-8-7(10)5(2-3-13-8)9(16)14-4-6(11)15/h2-3H,4H2,1H3,(H2,11,15)(H,12,13)(H,14,16). The van der Waals surface area contributed by atoms with E-state index in [1.54, 1.807) is 0 Å². The molecule has 1 rings (SSSR count). The Morgan fingerprint density at radius 1 is 1.56 bits per heavy atom. The third-order valence-electron chi connectivity index (χ3n) is 1.79. The molecule has 1 aromatic heterocycles. The normalized spacial score (nSPS) is 9.62. The summed E-state index contributed by atoms with van der Waals surface area (Å²) in [7, 11) is 1.48. The van der Waals surface area contributed by atoms with Crippen molar-refractivity contribution in [2.75, 3.05) is 18.9 Å². The molecule has 0 aliphatic heterocycles. The van der Waals surface area contributed by atoms with Crippen LogP contribution in [0.1, 0.15) is 10.4 Å². The zero-order valence-corrected chi connectivity index (χ0v) is 8.58. The number of nitrogens with zero attached hydrogens (tertiary/aromatic N) is 1. The van der Waals surface area contributed by atoms with Gasteiger partial charge in [0.05, 0.1) is 12.1 Å². The number of rotatable bonds is 4. The SMILES string of the molecule is CNc1nccc(C(=O)NCC(N)=O)c1F. The Labute approximate surface area is 91.0 Å². The van der Waals surface area contributed by atoms with Crippen molar-refractivity contribution in [2.24, 2.45) is 5.73 Å². The van der Waals surface area contributed by atoms with Gasteiger partial charge in [0.15, 0.2) is 11.6 Å². The van der Waals surface area contributed by atoms with Crippen molar-refractivity contribution in [1.82, 2.24) is 10.3 Å². The highest BCUT2D eigenvalue weighted by molar-refractivity contribution is 5.97. The summed E-state index contributed by atoms with van der Waals surface area (Å²) in [4.78, 5) is 25.5. The molecule has 16 heavy (non-hydrogen) atoms. The molecule has 0 spiro atoms. The number of aromatic nitrogens is 1. The molecule has 1 heterocycles. The maximum atomic E-state index is 13.5. The van der Waals surface area contributed by atoms with E-state index in [-0.39, 0.29) is 17.9 Å². The lowest BCUT2D eigenvalue weighted by Gasteiger charge is -2.06. The highest BCUT2D eigenvalue weighted by Gasteiger charge is 2.15. The highest BCUT2D eigenvalue weighted by atomic mass is 19.1. The van der Waals surface area contributed by atoms with Crippen molar-refractivity contribution >= 4 is 17.6 Å².